The van der Waals surface area contributed by atoms with Crippen LogP contribution in [0.1, 0.15) is 41.0 Å². The van der Waals surface area contributed by atoms with Gasteiger partial charge in [0.1, 0.15) is 5.69 Å². The Morgan fingerprint density at radius 2 is 2.09 bits per heavy atom. The highest BCUT2D eigenvalue weighted by Gasteiger charge is 2.26. The number of carbonyl (C=O) groups excluding carboxylic acids is 1. The molecule has 118 valence electrons. The number of nitrogens with one attached hydrogen (secondary N) is 1. The lowest BCUT2D eigenvalue weighted by Crippen LogP contribution is -2.29. The van der Waals surface area contributed by atoms with Crippen LogP contribution in [0.25, 0.3) is 0 Å². The van der Waals surface area contributed by atoms with Crippen molar-refractivity contribution >= 4 is 17.5 Å². The lowest BCUT2D eigenvalue weighted by molar-refractivity contribution is 0.0946. The quantitative estimate of drug-likeness (QED) is 0.947. The van der Waals surface area contributed by atoms with Crippen molar-refractivity contribution in [2.75, 3.05) is 11.4 Å². The van der Waals surface area contributed by atoms with Gasteiger partial charge in [-0.05, 0) is 50.3 Å². The van der Waals surface area contributed by atoms with E-state index in [0.717, 1.165) is 43.6 Å². The largest absolute Gasteiger partial charge is 0.348 e. The van der Waals surface area contributed by atoms with Gasteiger partial charge in [0.05, 0.1) is 0 Å². The first-order valence-electron chi connectivity index (χ1n) is 8.23. The molecule has 1 aliphatic carbocycles. The van der Waals surface area contributed by atoms with E-state index >= 15 is 0 Å². The lowest BCUT2D eigenvalue weighted by atomic mass is 10.0. The minimum absolute atomic E-state index is 0.0930. The Labute approximate surface area is 135 Å². The first-order chi connectivity index (χ1) is 11.2. The summed E-state index contributed by atoms with van der Waals surface area (Å²) in [6.07, 6.45) is 4.29. The number of nitrogens with zero attached hydrogens (tertiary/aromatic N) is 3. The number of amides is 1. The van der Waals surface area contributed by atoms with Gasteiger partial charge in [-0.1, -0.05) is 18.2 Å². The van der Waals surface area contributed by atoms with Crippen LogP contribution in [-0.2, 0) is 6.42 Å². The van der Waals surface area contributed by atoms with Gasteiger partial charge in [-0.15, -0.1) is 0 Å². The summed E-state index contributed by atoms with van der Waals surface area (Å²) in [5.41, 5.74) is 3.74. The van der Waals surface area contributed by atoms with Gasteiger partial charge in [0.25, 0.3) is 5.91 Å². The number of aryl methyl sites for hydroxylation is 2. The van der Waals surface area contributed by atoms with Crippen LogP contribution in [0.4, 0.5) is 11.6 Å². The highest BCUT2D eigenvalue weighted by molar-refractivity contribution is 5.93. The van der Waals surface area contributed by atoms with Crippen LogP contribution in [0.2, 0.25) is 0 Å². The molecule has 0 spiro atoms. The summed E-state index contributed by atoms with van der Waals surface area (Å²) in [5, 5.41) is 3.00. The summed E-state index contributed by atoms with van der Waals surface area (Å²) in [5.74, 6) is 0.530. The molecule has 2 aliphatic rings. The first kappa shape index (κ1) is 14.2. The molecule has 1 amide bonds. The molecule has 5 nitrogen and oxygen atoms in total. The van der Waals surface area contributed by atoms with Gasteiger partial charge in [0.15, 0.2) is 0 Å². The van der Waals surface area contributed by atoms with Crippen molar-refractivity contribution in [2.24, 2.45) is 0 Å². The zero-order valence-electron chi connectivity index (χ0n) is 13.2. The van der Waals surface area contributed by atoms with E-state index in [9.17, 15) is 4.79 Å². The predicted molar refractivity (Wildman–Crippen MR) is 89.0 cm³/mol. The van der Waals surface area contributed by atoms with Gasteiger partial charge >= 0.3 is 0 Å². The molecular formula is C18H20N4O. The Morgan fingerprint density at radius 3 is 2.91 bits per heavy atom. The van der Waals surface area contributed by atoms with Crippen molar-refractivity contribution in [3.63, 3.8) is 0 Å². The minimum atomic E-state index is -0.0930. The van der Waals surface area contributed by atoms with E-state index in [0.29, 0.717) is 17.7 Å². The summed E-state index contributed by atoms with van der Waals surface area (Å²) < 4.78 is 0. The third-order valence-electron chi connectivity index (χ3n) is 4.34. The molecule has 23 heavy (non-hydrogen) atoms. The number of carbonyl (C=O) groups is 1. The summed E-state index contributed by atoms with van der Waals surface area (Å²) in [6, 6.07) is 10.4. The Balaban J connectivity index is 1.69. The Hall–Kier alpha value is -2.43. The highest BCUT2D eigenvalue weighted by Crippen LogP contribution is 2.31. The molecule has 1 saturated carbocycles. The van der Waals surface area contributed by atoms with Crippen LogP contribution >= 0.6 is 0 Å². The fourth-order valence-electron chi connectivity index (χ4n) is 3.02. The van der Waals surface area contributed by atoms with Gasteiger partial charge < -0.3 is 10.2 Å². The van der Waals surface area contributed by atoms with Crippen molar-refractivity contribution < 1.29 is 4.79 Å². The standard InChI is InChI=1S/C18H20N4O/c1-12-11-15(17(23)20-14-8-9-14)21-18(19-12)22-10-4-6-13-5-2-3-7-16(13)22/h2-3,5,7,11,14H,4,6,8-10H2,1H3,(H,20,23). The van der Waals surface area contributed by atoms with Gasteiger partial charge in [-0.2, -0.15) is 0 Å². The van der Waals surface area contributed by atoms with Gasteiger partial charge in [-0.25, -0.2) is 9.97 Å². The average molecular weight is 308 g/mol. The molecule has 0 bridgehead atoms. The number of fused-ring (bicyclic) bond motifs is 1. The summed E-state index contributed by atoms with van der Waals surface area (Å²) >= 11 is 0. The Bertz CT molecular complexity index is 754. The summed E-state index contributed by atoms with van der Waals surface area (Å²) in [4.78, 5) is 23.5. The lowest BCUT2D eigenvalue weighted by Gasteiger charge is -2.29. The maximum atomic E-state index is 12.3. The maximum Gasteiger partial charge on any atom is 0.270 e. The van der Waals surface area contributed by atoms with E-state index in [1.165, 1.54) is 5.56 Å². The molecule has 1 aromatic heterocycles. The summed E-state index contributed by atoms with van der Waals surface area (Å²) in [7, 11) is 0. The van der Waals surface area contributed by atoms with Crippen molar-refractivity contribution in [2.45, 2.75) is 38.6 Å². The topological polar surface area (TPSA) is 58.1 Å². The molecule has 4 rings (SSSR count). The van der Waals surface area contributed by atoms with Crippen LogP contribution in [0.15, 0.2) is 30.3 Å². The van der Waals surface area contributed by atoms with Gasteiger partial charge in [0.2, 0.25) is 5.95 Å². The molecule has 5 heteroatoms. The molecule has 0 atom stereocenters. The number of hydrogen-bond acceptors (Lipinski definition) is 4. The van der Waals surface area contributed by atoms with Gasteiger partial charge in [-0.3, -0.25) is 4.79 Å². The molecule has 0 radical (unpaired) electrons. The smallest absolute Gasteiger partial charge is 0.270 e. The second kappa shape index (κ2) is 5.65. The fourth-order valence-corrected chi connectivity index (χ4v) is 3.02. The maximum absolute atomic E-state index is 12.3. The van der Waals surface area contributed by atoms with E-state index < -0.39 is 0 Å². The molecule has 1 N–H and O–H groups in total. The Morgan fingerprint density at radius 1 is 1.26 bits per heavy atom. The predicted octanol–water partition coefficient (Wildman–Crippen LogP) is 2.76. The number of rotatable bonds is 3. The zero-order chi connectivity index (χ0) is 15.8. The molecule has 2 heterocycles. The van der Waals surface area contributed by atoms with Gasteiger partial charge in [0, 0.05) is 24.0 Å². The number of para-hydroxylation sites is 1. The van der Waals surface area contributed by atoms with E-state index in [-0.39, 0.29) is 5.91 Å². The van der Waals surface area contributed by atoms with E-state index in [4.69, 9.17) is 0 Å². The minimum Gasteiger partial charge on any atom is -0.348 e. The molecule has 1 fully saturated rings. The normalized spacial score (nSPS) is 16.8. The molecule has 0 saturated heterocycles. The first-order valence-corrected chi connectivity index (χ1v) is 8.23. The number of benzene rings is 1. The van der Waals surface area contributed by atoms with Crippen molar-refractivity contribution in [3.8, 4) is 0 Å². The Kier molecular flexibility index (Phi) is 3.48. The van der Waals surface area contributed by atoms with E-state index in [1.807, 2.05) is 13.0 Å². The zero-order valence-corrected chi connectivity index (χ0v) is 13.2. The monoisotopic (exact) mass is 308 g/mol. The van der Waals surface area contributed by atoms with E-state index in [1.54, 1.807) is 6.07 Å². The highest BCUT2D eigenvalue weighted by atomic mass is 16.2. The van der Waals surface area contributed by atoms with Crippen LogP contribution in [0.5, 0.6) is 0 Å². The van der Waals surface area contributed by atoms with Crippen molar-refractivity contribution in [1.82, 2.24) is 15.3 Å². The van der Waals surface area contributed by atoms with Crippen LogP contribution in [-0.4, -0.2) is 28.5 Å². The molecule has 0 unspecified atom stereocenters. The summed E-state index contributed by atoms with van der Waals surface area (Å²) in [6.45, 7) is 2.79. The third kappa shape index (κ3) is 2.91. The van der Waals surface area contributed by atoms with Crippen LogP contribution < -0.4 is 10.2 Å². The number of anilines is 2. The molecule has 2 aromatic rings. The second-order valence-electron chi connectivity index (χ2n) is 6.33. The average Bonchev–Trinajstić information content (AvgIpc) is 3.37. The second-order valence-corrected chi connectivity index (χ2v) is 6.33. The number of hydrogen-bond donors (Lipinski definition) is 1. The SMILES string of the molecule is Cc1cc(C(=O)NC2CC2)nc(N2CCCc3ccccc32)n1. The molecule has 1 aromatic carbocycles. The van der Waals surface area contributed by atoms with Crippen LogP contribution in [0, 0.1) is 6.92 Å². The van der Waals surface area contributed by atoms with Crippen molar-refractivity contribution in [1.29, 1.82) is 0 Å². The molecule has 1 aliphatic heterocycles. The molecular weight excluding hydrogens is 288 g/mol. The third-order valence-corrected chi connectivity index (χ3v) is 4.34. The fraction of sp³-hybridized carbons (Fsp3) is 0.389. The number of aromatic nitrogens is 2. The van der Waals surface area contributed by atoms with Crippen molar-refractivity contribution in [3.05, 3.63) is 47.3 Å². The van der Waals surface area contributed by atoms with E-state index in [2.05, 4.69) is 38.4 Å². The van der Waals surface area contributed by atoms with Crippen LogP contribution in [0.3, 0.4) is 0 Å².